The van der Waals surface area contributed by atoms with Gasteiger partial charge in [-0.2, -0.15) is 5.10 Å². The summed E-state index contributed by atoms with van der Waals surface area (Å²) in [6, 6.07) is 6.57. The fourth-order valence-electron chi connectivity index (χ4n) is 1.24. The first-order valence-electron chi connectivity index (χ1n) is 3.97. The molecule has 2 rings (SSSR count). The number of amides is 2. The lowest BCUT2D eigenvalue weighted by Crippen LogP contribution is -2.41. The van der Waals surface area contributed by atoms with Gasteiger partial charge in [-0.3, -0.25) is 5.10 Å². The highest BCUT2D eigenvalue weighted by Gasteiger charge is 2.13. The van der Waals surface area contributed by atoms with E-state index in [9.17, 15) is 4.79 Å². The minimum Gasteiger partial charge on any atom is -0.350 e. The van der Waals surface area contributed by atoms with Gasteiger partial charge in [-0.05, 0) is 12.1 Å². The molecule has 0 radical (unpaired) electrons. The highest BCUT2D eigenvalue weighted by atomic mass is 16.2. The van der Waals surface area contributed by atoms with Crippen molar-refractivity contribution in [2.45, 2.75) is 0 Å². The topological polar surface area (TPSA) is 101 Å². The summed E-state index contributed by atoms with van der Waals surface area (Å²) in [6.45, 7) is 0. The standard InChI is InChI=1S/C8H9N5O/c9-8(14)13(10)7-5-3-1-2-4-6(5)11-12-7/h1-4H,10H2,(H2,9,14)(H,11,12). The summed E-state index contributed by atoms with van der Waals surface area (Å²) in [5.74, 6) is 5.75. The maximum absolute atomic E-state index is 10.8. The second-order valence-electron chi connectivity index (χ2n) is 2.80. The number of carbonyl (C=O) groups is 1. The Balaban J connectivity index is 2.58. The van der Waals surface area contributed by atoms with Gasteiger partial charge in [-0.1, -0.05) is 12.1 Å². The molecule has 0 fully saturated rings. The molecule has 0 atom stereocenters. The van der Waals surface area contributed by atoms with E-state index in [4.69, 9.17) is 11.6 Å². The van der Waals surface area contributed by atoms with Crippen LogP contribution in [0.5, 0.6) is 0 Å². The molecule has 1 heterocycles. The van der Waals surface area contributed by atoms with Crippen molar-refractivity contribution in [3.63, 3.8) is 0 Å². The molecule has 14 heavy (non-hydrogen) atoms. The molecule has 6 heteroatoms. The summed E-state index contributed by atoms with van der Waals surface area (Å²) in [5, 5.41) is 8.20. The highest BCUT2D eigenvalue weighted by molar-refractivity contribution is 5.99. The molecular weight excluding hydrogens is 182 g/mol. The summed E-state index contributed by atoms with van der Waals surface area (Å²) in [4.78, 5) is 10.8. The molecular formula is C8H9N5O. The number of aromatic nitrogens is 2. The predicted octanol–water partition coefficient (Wildman–Crippen LogP) is 0.322. The zero-order chi connectivity index (χ0) is 10.1. The molecule has 0 aliphatic carbocycles. The van der Waals surface area contributed by atoms with Gasteiger partial charge in [0.1, 0.15) is 0 Å². The van der Waals surface area contributed by atoms with Crippen LogP contribution in [0.4, 0.5) is 10.6 Å². The second-order valence-corrected chi connectivity index (χ2v) is 2.80. The van der Waals surface area contributed by atoms with Crippen molar-refractivity contribution < 1.29 is 4.79 Å². The molecule has 0 bridgehead atoms. The maximum Gasteiger partial charge on any atom is 0.335 e. The number of anilines is 1. The third kappa shape index (κ3) is 1.17. The number of aromatic amines is 1. The van der Waals surface area contributed by atoms with Crippen molar-refractivity contribution in [1.82, 2.24) is 10.2 Å². The number of para-hydroxylation sites is 1. The quantitative estimate of drug-likeness (QED) is 0.343. The second kappa shape index (κ2) is 3.00. The van der Waals surface area contributed by atoms with E-state index in [1.165, 1.54) is 0 Å². The van der Waals surface area contributed by atoms with Gasteiger partial charge in [0.05, 0.1) is 5.52 Å². The van der Waals surface area contributed by atoms with E-state index in [2.05, 4.69) is 10.2 Å². The lowest BCUT2D eigenvalue weighted by molar-refractivity contribution is 0.254. The average Bonchev–Trinajstić information content (AvgIpc) is 2.60. The Bertz CT molecular complexity index is 477. The summed E-state index contributed by atoms with van der Waals surface area (Å²) in [6.07, 6.45) is 0. The first-order valence-corrected chi connectivity index (χ1v) is 3.97. The molecule has 0 unspecified atom stereocenters. The van der Waals surface area contributed by atoms with Crippen molar-refractivity contribution in [2.75, 3.05) is 5.01 Å². The number of hydrogen-bond acceptors (Lipinski definition) is 3. The normalized spacial score (nSPS) is 10.4. The summed E-state index contributed by atoms with van der Waals surface area (Å²) in [7, 11) is 0. The van der Waals surface area contributed by atoms with Crippen LogP contribution in [0.15, 0.2) is 24.3 Å². The van der Waals surface area contributed by atoms with Crippen molar-refractivity contribution in [3.8, 4) is 0 Å². The number of nitrogens with two attached hydrogens (primary N) is 2. The molecule has 6 nitrogen and oxygen atoms in total. The molecule has 0 saturated carbocycles. The third-order valence-electron chi connectivity index (χ3n) is 1.92. The van der Waals surface area contributed by atoms with Gasteiger partial charge in [0.2, 0.25) is 0 Å². The lowest BCUT2D eigenvalue weighted by Gasteiger charge is -2.09. The Kier molecular flexibility index (Phi) is 1.83. The molecule has 2 amide bonds. The molecule has 0 aliphatic heterocycles. The Labute approximate surface area is 79.4 Å². The summed E-state index contributed by atoms with van der Waals surface area (Å²) >= 11 is 0. The minimum absolute atomic E-state index is 0.327. The van der Waals surface area contributed by atoms with Crippen LogP contribution in [0.1, 0.15) is 0 Å². The number of primary amides is 1. The zero-order valence-electron chi connectivity index (χ0n) is 7.27. The van der Waals surface area contributed by atoms with Crippen molar-refractivity contribution in [3.05, 3.63) is 24.3 Å². The van der Waals surface area contributed by atoms with E-state index in [0.717, 1.165) is 15.9 Å². The Hall–Kier alpha value is -2.08. The van der Waals surface area contributed by atoms with Crippen LogP contribution >= 0.6 is 0 Å². The maximum atomic E-state index is 10.8. The minimum atomic E-state index is -0.748. The number of carbonyl (C=O) groups excluding carboxylic acids is 1. The van der Waals surface area contributed by atoms with E-state index in [0.29, 0.717) is 5.82 Å². The monoisotopic (exact) mass is 191 g/mol. The van der Waals surface area contributed by atoms with Gasteiger partial charge >= 0.3 is 6.03 Å². The van der Waals surface area contributed by atoms with Gasteiger partial charge in [0.25, 0.3) is 0 Å². The van der Waals surface area contributed by atoms with Crippen LogP contribution in [0.25, 0.3) is 10.9 Å². The number of fused-ring (bicyclic) bond motifs is 1. The fourth-order valence-corrected chi connectivity index (χ4v) is 1.24. The molecule has 72 valence electrons. The first-order chi connectivity index (χ1) is 6.70. The molecule has 1 aromatic carbocycles. The number of rotatable bonds is 1. The molecule has 1 aromatic heterocycles. The van der Waals surface area contributed by atoms with Crippen molar-refractivity contribution in [2.24, 2.45) is 11.6 Å². The number of benzene rings is 1. The third-order valence-corrected chi connectivity index (χ3v) is 1.92. The lowest BCUT2D eigenvalue weighted by atomic mass is 10.2. The Morgan fingerprint density at radius 2 is 2.14 bits per heavy atom. The van der Waals surface area contributed by atoms with Crippen LogP contribution in [-0.4, -0.2) is 16.2 Å². The van der Waals surface area contributed by atoms with Gasteiger partial charge < -0.3 is 5.73 Å². The van der Waals surface area contributed by atoms with Crippen LogP contribution in [-0.2, 0) is 0 Å². The molecule has 0 saturated heterocycles. The van der Waals surface area contributed by atoms with E-state index in [-0.39, 0.29) is 0 Å². The molecule has 0 aliphatic rings. The molecule has 5 N–H and O–H groups in total. The van der Waals surface area contributed by atoms with Crippen LogP contribution in [0, 0.1) is 0 Å². The van der Waals surface area contributed by atoms with Crippen molar-refractivity contribution in [1.29, 1.82) is 0 Å². The number of nitrogens with one attached hydrogen (secondary N) is 1. The van der Waals surface area contributed by atoms with E-state index in [1.54, 1.807) is 6.07 Å². The van der Waals surface area contributed by atoms with Crippen LogP contribution in [0.3, 0.4) is 0 Å². The molecule has 2 aromatic rings. The number of hydrogen-bond donors (Lipinski definition) is 3. The number of hydrazine groups is 1. The van der Waals surface area contributed by atoms with E-state index in [1.807, 2.05) is 18.2 Å². The summed E-state index contributed by atoms with van der Waals surface area (Å²) in [5.41, 5.74) is 5.83. The number of urea groups is 1. The Morgan fingerprint density at radius 1 is 1.43 bits per heavy atom. The van der Waals surface area contributed by atoms with Crippen LogP contribution < -0.4 is 16.6 Å². The number of nitrogens with zero attached hydrogens (tertiary/aromatic N) is 2. The Morgan fingerprint density at radius 3 is 2.86 bits per heavy atom. The van der Waals surface area contributed by atoms with Gasteiger partial charge in [0.15, 0.2) is 5.82 Å². The van der Waals surface area contributed by atoms with E-state index >= 15 is 0 Å². The summed E-state index contributed by atoms with van der Waals surface area (Å²) < 4.78 is 0. The largest absolute Gasteiger partial charge is 0.350 e. The zero-order valence-corrected chi connectivity index (χ0v) is 7.27. The number of H-pyrrole nitrogens is 1. The highest BCUT2D eigenvalue weighted by Crippen LogP contribution is 2.21. The van der Waals surface area contributed by atoms with E-state index < -0.39 is 6.03 Å². The SMILES string of the molecule is NC(=O)N(N)c1n[nH]c2ccccc12. The average molecular weight is 191 g/mol. The van der Waals surface area contributed by atoms with Gasteiger partial charge in [-0.15, -0.1) is 0 Å². The van der Waals surface area contributed by atoms with Gasteiger partial charge in [-0.25, -0.2) is 15.6 Å². The fraction of sp³-hybridized carbons (Fsp3) is 0. The van der Waals surface area contributed by atoms with Crippen LogP contribution in [0.2, 0.25) is 0 Å². The van der Waals surface area contributed by atoms with Crippen molar-refractivity contribution >= 4 is 22.8 Å². The first kappa shape index (κ1) is 8.52. The van der Waals surface area contributed by atoms with Gasteiger partial charge in [0, 0.05) is 5.39 Å². The predicted molar refractivity (Wildman–Crippen MR) is 52.3 cm³/mol. The molecule has 0 spiro atoms. The smallest absolute Gasteiger partial charge is 0.335 e.